The van der Waals surface area contributed by atoms with Gasteiger partial charge in [0, 0.05) is 37.1 Å². The number of carbonyl (C=O) groups is 2. The minimum atomic E-state index is -4.76. The number of anilines is 2. The summed E-state index contributed by atoms with van der Waals surface area (Å²) in [6, 6.07) is 6.24. The molecule has 2 heterocycles. The first-order valence-corrected chi connectivity index (χ1v) is 13.5. The first-order chi connectivity index (χ1) is 19.2. The number of aliphatic hydroxyl groups is 1. The molecule has 0 saturated carbocycles. The Morgan fingerprint density at radius 1 is 1.20 bits per heavy atom. The Hall–Kier alpha value is -3.38. The van der Waals surface area contributed by atoms with Gasteiger partial charge in [0.2, 0.25) is 11.8 Å². The maximum Gasteiger partial charge on any atom is 0.416 e. The Kier molecular flexibility index (Phi) is 10.2. The monoisotopic (exact) mass is 581 g/mol. The molecule has 4 N–H and O–H groups in total. The van der Waals surface area contributed by atoms with Crippen LogP contribution in [0.2, 0.25) is 0 Å². The molecule has 2 amide bonds. The number of halogens is 4. The number of alkyl halides is 4. The smallest absolute Gasteiger partial charge is 0.399 e. The van der Waals surface area contributed by atoms with E-state index in [4.69, 9.17) is 5.73 Å². The first-order valence-electron chi connectivity index (χ1n) is 13.5. The molecular weight excluding hydrogens is 542 g/mol. The maximum atomic E-state index is 13.8. The van der Waals surface area contributed by atoms with E-state index in [-0.39, 0.29) is 30.8 Å². The molecule has 2 aliphatic heterocycles. The molecule has 1 unspecified atom stereocenters. The van der Waals surface area contributed by atoms with Crippen molar-refractivity contribution in [1.82, 2.24) is 15.1 Å². The Bertz CT molecular complexity index is 1170. The fourth-order valence-corrected chi connectivity index (χ4v) is 5.28. The summed E-state index contributed by atoms with van der Waals surface area (Å²) in [6.07, 6.45) is -1.96. The molecule has 0 radical (unpaired) electrons. The van der Waals surface area contributed by atoms with Crippen LogP contribution in [0.15, 0.2) is 59.7 Å². The van der Waals surface area contributed by atoms with Gasteiger partial charge >= 0.3 is 6.18 Å². The Morgan fingerprint density at radius 2 is 1.80 bits per heavy atom. The second-order valence-electron chi connectivity index (χ2n) is 10.8. The number of nitrogens with two attached hydrogens (primary N) is 1. The number of aliphatic hydroxyl groups excluding tert-OH is 1. The fraction of sp³-hybridized carbons (Fsp3) is 0.517. The molecule has 2 fully saturated rings. The lowest BCUT2D eigenvalue weighted by Gasteiger charge is -2.44. The number of nitrogen functional groups attached to an aromatic ring is 1. The number of rotatable bonds is 9. The number of likely N-dealkylation sites (N-methyl/N-ethyl adjacent to an activating group) is 1. The summed E-state index contributed by atoms with van der Waals surface area (Å²) in [5.74, 6) is -0.801. The molecule has 2 saturated heterocycles. The van der Waals surface area contributed by atoms with Crippen LogP contribution in [0.5, 0.6) is 0 Å². The van der Waals surface area contributed by atoms with Crippen LogP contribution in [0.25, 0.3) is 0 Å². The predicted octanol–water partition coefficient (Wildman–Crippen LogP) is 3.76. The number of hydrogen-bond acceptors (Lipinski definition) is 6. The summed E-state index contributed by atoms with van der Waals surface area (Å²) in [4.78, 5) is 32.1. The van der Waals surface area contributed by atoms with Gasteiger partial charge in [0.15, 0.2) is 0 Å². The fourth-order valence-electron chi connectivity index (χ4n) is 5.28. The van der Waals surface area contributed by atoms with Crippen LogP contribution in [-0.2, 0) is 9.59 Å². The van der Waals surface area contributed by atoms with Gasteiger partial charge in [0.05, 0.1) is 18.3 Å². The van der Waals surface area contributed by atoms with Crippen LogP contribution in [0.1, 0.15) is 33.6 Å². The van der Waals surface area contributed by atoms with Crippen LogP contribution in [0, 0.1) is 5.92 Å². The van der Waals surface area contributed by atoms with Gasteiger partial charge in [-0.1, -0.05) is 32.1 Å². The van der Waals surface area contributed by atoms with Crippen molar-refractivity contribution < 1.29 is 32.3 Å². The number of piperidine rings is 1. The SMILES string of the molecule is C\C=C/C=C(\C=C(/CF)C(O)N[C@@H](C(=O)N1CCC2(CC1)C(=O)N(C)CN2c1ccc(N)cc1)C(C)C)C(F)(F)F. The lowest BCUT2D eigenvalue weighted by Crippen LogP contribution is -2.60. The number of nitrogens with one attached hydrogen (secondary N) is 1. The van der Waals surface area contributed by atoms with E-state index < -0.39 is 41.8 Å². The summed E-state index contributed by atoms with van der Waals surface area (Å²) < 4.78 is 54.1. The standard InChI is InChI=1S/C29H39F4N5O3/c1-5-6-7-21(29(31,32)33)16-20(17-30)25(39)35-24(19(2)3)26(40)37-14-12-28(13-15-37)27(41)36(4)18-38(28)23-10-8-22(34)9-11-23/h5-11,16,19,24-25,35,39H,12-15,17-18,34H2,1-4H3/b6-5-,20-16+,21-7+/t24-,25?/m1/s1. The van der Waals surface area contributed by atoms with Gasteiger partial charge in [-0.15, -0.1) is 0 Å². The molecule has 0 aromatic heterocycles. The minimum absolute atomic E-state index is 0.0421. The molecule has 3 rings (SSSR count). The van der Waals surface area contributed by atoms with Crippen LogP contribution in [-0.4, -0.2) is 84.2 Å². The van der Waals surface area contributed by atoms with E-state index in [1.54, 1.807) is 42.8 Å². The highest BCUT2D eigenvalue weighted by Gasteiger charge is 2.53. The molecule has 0 aliphatic carbocycles. The van der Waals surface area contributed by atoms with E-state index in [9.17, 15) is 32.3 Å². The molecule has 226 valence electrons. The van der Waals surface area contributed by atoms with Gasteiger partial charge in [0.25, 0.3) is 0 Å². The number of likely N-dealkylation sites (tertiary alicyclic amines) is 1. The molecule has 0 bridgehead atoms. The molecule has 12 heteroatoms. The van der Waals surface area contributed by atoms with Crippen LogP contribution < -0.4 is 16.0 Å². The second-order valence-corrected chi connectivity index (χ2v) is 10.8. The summed E-state index contributed by atoms with van der Waals surface area (Å²) in [5.41, 5.74) is 4.77. The number of benzene rings is 1. The predicted molar refractivity (Wildman–Crippen MR) is 150 cm³/mol. The van der Waals surface area contributed by atoms with Crippen molar-refractivity contribution in [2.24, 2.45) is 5.92 Å². The second kappa shape index (κ2) is 13.1. The molecule has 1 aromatic rings. The first kappa shape index (κ1) is 32.1. The number of hydrogen-bond donors (Lipinski definition) is 3. The zero-order valence-corrected chi connectivity index (χ0v) is 23.8. The van der Waals surface area contributed by atoms with E-state index in [1.165, 1.54) is 19.1 Å². The normalized spacial score (nSPS) is 20.0. The maximum absolute atomic E-state index is 13.8. The minimum Gasteiger partial charge on any atom is -0.399 e. The molecular formula is C29H39F4N5O3. The molecule has 1 aromatic carbocycles. The third-order valence-electron chi connectivity index (χ3n) is 7.63. The summed E-state index contributed by atoms with van der Waals surface area (Å²) in [5, 5.41) is 13.3. The van der Waals surface area contributed by atoms with Crippen LogP contribution in [0.4, 0.5) is 28.9 Å². The topological polar surface area (TPSA) is 102 Å². The number of carbonyl (C=O) groups excluding carboxylic acids is 2. The van der Waals surface area contributed by atoms with E-state index in [1.807, 2.05) is 17.0 Å². The van der Waals surface area contributed by atoms with Gasteiger partial charge in [-0.05, 0) is 56.0 Å². The van der Waals surface area contributed by atoms with Crippen molar-refractivity contribution in [3.63, 3.8) is 0 Å². The Morgan fingerprint density at radius 3 is 2.32 bits per heavy atom. The van der Waals surface area contributed by atoms with E-state index in [0.29, 0.717) is 31.3 Å². The van der Waals surface area contributed by atoms with Crippen molar-refractivity contribution in [2.45, 2.75) is 57.6 Å². The molecule has 2 atom stereocenters. The van der Waals surface area contributed by atoms with Gasteiger partial charge in [0.1, 0.15) is 18.4 Å². The summed E-state index contributed by atoms with van der Waals surface area (Å²) in [7, 11) is 1.73. The zero-order valence-electron chi connectivity index (χ0n) is 23.8. The highest BCUT2D eigenvalue weighted by molar-refractivity contribution is 5.94. The average molecular weight is 582 g/mol. The van der Waals surface area contributed by atoms with E-state index in [0.717, 1.165) is 11.8 Å². The lowest BCUT2D eigenvalue weighted by atomic mass is 9.85. The van der Waals surface area contributed by atoms with Crippen molar-refractivity contribution in [2.75, 3.05) is 44.1 Å². The Balaban J connectivity index is 1.77. The third-order valence-corrected chi connectivity index (χ3v) is 7.63. The van der Waals surface area contributed by atoms with Crippen LogP contribution >= 0.6 is 0 Å². The quantitative estimate of drug-likeness (QED) is 0.178. The van der Waals surface area contributed by atoms with E-state index >= 15 is 0 Å². The van der Waals surface area contributed by atoms with Gasteiger partial charge in [-0.2, -0.15) is 13.2 Å². The highest BCUT2D eigenvalue weighted by atomic mass is 19.4. The molecule has 1 spiro atoms. The number of amides is 2. The van der Waals surface area contributed by atoms with Crippen molar-refractivity contribution in [3.8, 4) is 0 Å². The molecule has 41 heavy (non-hydrogen) atoms. The van der Waals surface area contributed by atoms with E-state index in [2.05, 4.69) is 5.32 Å². The lowest BCUT2D eigenvalue weighted by molar-refractivity contribution is -0.140. The number of allylic oxidation sites excluding steroid dienone is 5. The van der Waals surface area contributed by atoms with Crippen LogP contribution in [0.3, 0.4) is 0 Å². The van der Waals surface area contributed by atoms with Gasteiger partial charge in [-0.25, -0.2) is 4.39 Å². The number of nitrogens with zero attached hydrogens (tertiary/aromatic N) is 3. The molecule has 2 aliphatic rings. The molecule has 8 nitrogen and oxygen atoms in total. The summed E-state index contributed by atoms with van der Waals surface area (Å²) >= 11 is 0. The Labute approximate surface area is 238 Å². The van der Waals surface area contributed by atoms with Gasteiger partial charge in [-0.3, -0.25) is 14.9 Å². The van der Waals surface area contributed by atoms with Crippen molar-refractivity contribution in [1.29, 1.82) is 0 Å². The largest absolute Gasteiger partial charge is 0.416 e. The average Bonchev–Trinajstić information content (AvgIpc) is 3.16. The summed E-state index contributed by atoms with van der Waals surface area (Å²) in [6.45, 7) is 4.52. The highest BCUT2D eigenvalue weighted by Crippen LogP contribution is 2.39. The zero-order chi connectivity index (χ0) is 30.5. The third kappa shape index (κ3) is 7.10. The van der Waals surface area contributed by atoms with Gasteiger partial charge < -0.3 is 25.5 Å². The van der Waals surface area contributed by atoms with Crippen molar-refractivity contribution >= 4 is 23.2 Å². The van der Waals surface area contributed by atoms with Crippen molar-refractivity contribution in [3.05, 3.63) is 59.7 Å².